The van der Waals surface area contributed by atoms with Gasteiger partial charge in [-0.25, -0.2) is 8.93 Å². The summed E-state index contributed by atoms with van der Waals surface area (Å²) in [7, 11) is 2.54. The molecular weight excluding hydrogens is 377 g/mol. The molecule has 1 rings (SSSR count). The highest BCUT2D eigenvalue weighted by Crippen LogP contribution is 2.45. The van der Waals surface area contributed by atoms with Crippen LogP contribution < -0.4 is 4.72 Å². The van der Waals surface area contributed by atoms with Gasteiger partial charge in [-0.05, 0) is 46.1 Å². The van der Waals surface area contributed by atoms with Crippen LogP contribution in [0.4, 0.5) is 4.39 Å². The average Bonchev–Trinajstić information content (AvgIpc) is 2.72. The molecule has 2 unspecified atom stereocenters. The van der Waals surface area contributed by atoms with Gasteiger partial charge in [0, 0.05) is 20.6 Å². The highest BCUT2D eigenvalue weighted by atomic mass is 32.2. The van der Waals surface area contributed by atoms with Crippen LogP contribution in [-0.2, 0) is 20.5 Å². The van der Waals surface area contributed by atoms with Gasteiger partial charge in [-0.2, -0.15) is 0 Å². The van der Waals surface area contributed by atoms with Gasteiger partial charge in [0.2, 0.25) is 0 Å². The topological polar surface area (TPSA) is 47.6 Å². The predicted octanol–water partition coefficient (Wildman–Crippen LogP) is 5.89. The Hall–Kier alpha value is -0.820. The van der Waals surface area contributed by atoms with Gasteiger partial charge in [0.1, 0.15) is 5.54 Å². The second-order valence-electron chi connectivity index (χ2n) is 6.78. The second kappa shape index (κ2) is 16.0. The summed E-state index contributed by atoms with van der Waals surface area (Å²) < 4.78 is 36.9. The average molecular weight is 422 g/mol. The molecule has 0 aliphatic heterocycles. The van der Waals surface area contributed by atoms with Gasteiger partial charge in [0.05, 0.1) is 22.9 Å². The third-order valence-electron chi connectivity index (χ3n) is 4.36. The summed E-state index contributed by atoms with van der Waals surface area (Å²) in [4.78, 5) is 0. The summed E-state index contributed by atoms with van der Waals surface area (Å²) in [5.74, 6) is -0.858. The molecule has 1 N–H and O–H groups in total. The quantitative estimate of drug-likeness (QED) is 0.331. The van der Waals surface area contributed by atoms with Crippen LogP contribution >= 0.6 is 0 Å². The van der Waals surface area contributed by atoms with Gasteiger partial charge in [-0.1, -0.05) is 39.0 Å². The molecule has 168 valence electrons. The number of halogens is 1. The van der Waals surface area contributed by atoms with E-state index in [0.717, 1.165) is 31.3 Å². The predicted molar refractivity (Wildman–Crippen MR) is 123 cm³/mol. The number of ether oxygens (including phenoxy) is 2. The summed E-state index contributed by atoms with van der Waals surface area (Å²) in [5.41, 5.74) is 0.148. The number of methoxy groups -OCH3 is 2. The molecule has 1 saturated carbocycles. The van der Waals surface area contributed by atoms with Gasteiger partial charge in [-0.15, -0.1) is 13.2 Å². The lowest BCUT2D eigenvalue weighted by molar-refractivity contribution is -0.256. The highest BCUT2D eigenvalue weighted by molar-refractivity contribution is 7.84. The lowest BCUT2D eigenvalue weighted by Gasteiger charge is -2.52. The van der Waals surface area contributed by atoms with Crippen molar-refractivity contribution in [3.8, 4) is 0 Å². The van der Waals surface area contributed by atoms with Crippen molar-refractivity contribution in [1.29, 1.82) is 0 Å². The van der Waals surface area contributed by atoms with Crippen molar-refractivity contribution in [1.82, 2.24) is 4.72 Å². The Morgan fingerprint density at radius 1 is 1.11 bits per heavy atom. The van der Waals surface area contributed by atoms with Crippen LogP contribution in [0, 0.1) is 0 Å². The Morgan fingerprint density at radius 2 is 1.54 bits per heavy atom. The largest absolute Gasteiger partial charge is 0.351 e. The van der Waals surface area contributed by atoms with Gasteiger partial charge in [0.25, 0.3) is 0 Å². The number of allylic oxidation sites excluding steroid dienone is 1. The summed E-state index contributed by atoms with van der Waals surface area (Å²) >= 11 is 0. The molecule has 0 aromatic rings. The summed E-state index contributed by atoms with van der Waals surface area (Å²) in [6, 6.07) is 0. The molecule has 0 bridgehead atoms. The van der Waals surface area contributed by atoms with E-state index in [9.17, 15) is 8.60 Å². The lowest BCUT2D eigenvalue weighted by atomic mass is 9.72. The maximum absolute atomic E-state index is 12.8. The van der Waals surface area contributed by atoms with E-state index in [1.54, 1.807) is 14.2 Å². The fourth-order valence-electron chi connectivity index (χ4n) is 3.04. The van der Waals surface area contributed by atoms with Crippen molar-refractivity contribution in [3.05, 3.63) is 37.5 Å². The SMILES string of the molecule is C=C.C=C(/C=C\C)C1(NS(=O)C(C)(C)C)CCCCC1(OC)OC.CC.CF. The van der Waals surface area contributed by atoms with Gasteiger partial charge in [-0.3, -0.25) is 4.39 Å². The minimum Gasteiger partial charge on any atom is -0.351 e. The zero-order chi connectivity index (χ0) is 23.0. The maximum Gasteiger partial charge on any atom is 0.190 e. The zero-order valence-corrected chi connectivity index (χ0v) is 20.4. The van der Waals surface area contributed by atoms with Gasteiger partial charge < -0.3 is 9.47 Å². The summed E-state index contributed by atoms with van der Waals surface area (Å²) in [6.45, 7) is 22.0. The minimum atomic E-state index is -1.25. The molecule has 0 aromatic carbocycles. The molecule has 4 nitrogen and oxygen atoms in total. The fourth-order valence-corrected chi connectivity index (χ4v) is 4.05. The Bertz CT molecular complexity index is 471. The van der Waals surface area contributed by atoms with Crippen LogP contribution in [0.1, 0.15) is 67.2 Å². The Labute approximate surface area is 176 Å². The molecule has 28 heavy (non-hydrogen) atoms. The van der Waals surface area contributed by atoms with Crippen LogP contribution in [0.25, 0.3) is 0 Å². The van der Waals surface area contributed by atoms with Crippen LogP contribution in [0.5, 0.6) is 0 Å². The third kappa shape index (κ3) is 7.90. The molecule has 0 heterocycles. The zero-order valence-electron chi connectivity index (χ0n) is 19.6. The monoisotopic (exact) mass is 421 g/mol. The molecule has 1 aliphatic carbocycles. The Balaban J connectivity index is -0.000000946. The fraction of sp³-hybridized carbons (Fsp3) is 0.727. The van der Waals surface area contributed by atoms with E-state index in [-0.39, 0.29) is 4.75 Å². The van der Waals surface area contributed by atoms with Crippen molar-refractivity contribution < 1.29 is 18.1 Å². The molecule has 2 atom stereocenters. The first-order chi connectivity index (χ1) is 13.2. The van der Waals surface area contributed by atoms with Gasteiger partial charge in [0.15, 0.2) is 5.79 Å². The van der Waals surface area contributed by atoms with Crippen LogP contribution in [0.2, 0.25) is 0 Å². The number of alkyl halides is 1. The van der Waals surface area contributed by atoms with Crippen molar-refractivity contribution in [2.24, 2.45) is 0 Å². The number of hydrogen-bond acceptors (Lipinski definition) is 3. The Morgan fingerprint density at radius 3 is 1.89 bits per heavy atom. The second-order valence-corrected chi connectivity index (χ2v) is 8.75. The smallest absolute Gasteiger partial charge is 0.190 e. The van der Waals surface area contributed by atoms with Crippen LogP contribution in [0.15, 0.2) is 37.5 Å². The van der Waals surface area contributed by atoms with E-state index in [1.807, 2.05) is 53.7 Å². The third-order valence-corrected chi connectivity index (χ3v) is 6.00. The van der Waals surface area contributed by atoms with E-state index >= 15 is 0 Å². The summed E-state index contributed by atoms with van der Waals surface area (Å²) in [6.07, 6.45) is 7.43. The normalized spacial score (nSPS) is 21.8. The molecule has 6 heteroatoms. The van der Waals surface area contributed by atoms with Crippen molar-refractivity contribution in [3.63, 3.8) is 0 Å². The number of nitrogens with one attached hydrogen (secondary N) is 1. The highest BCUT2D eigenvalue weighted by Gasteiger charge is 2.56. The molecule has 1 fully saturated rings. The molecule has 0 spiro atoms. The first kappa shape index (κ1) is 31.9. The summed E-state index contributed by atoms with van der Waals surface area (Å²) in [5, 5.41) is 0. The van der Waals surface area contributed by atoms with Gasteiger partial charge >= 0.3 is 0 Å². The van der Waals surface area contributed by atoms with Crippen LogP contribution in [-0.4, -0.2) is 41.7 Å². The van der Waals surface area contributed by atoms with E-state index < -0.39 is 22.3 Å². The molecular formula is C22H44FNO3S. The lowest BCUT2D eigenvalue weighted by Crippen LogP contribution is -2.68. The first-order valence-electron chi connectivity index (χ1n) is 9.69. The molecule has 0 saturated heterocycles. The van der Waals surface area contributed by atoms with Crippen LogP contribution in [0.3, 0.4) is 0 Å². The maximum atomic E-state index is 12.8. The molecule has 0 aromatic heterocycles. The standard InChI is InChI=1S/C17H31NO3S.C2H6.C2H4.CH3F/c1-8-11-14(2)16(18-22(19)15(3,4)5)12-9-10-13-17(16,20-6)21-7;3*1-2/h8,11,18H,2,9-10,12-13H2,1,3-7H3;1-2H3;1-2H2;1H3/b11-8-;;;. The van der Waals surface area contributed by atoms with Crippen molar-refractivity contribution in [2.75, 3.05) is 21.4 Å². The molecule has 0 radical (unpaired) electrons. The molecule has 0 amide bonds. The number of hydrogen-bond donors (Lipinski definition) is 1. The Kier molecular flexibility index (Phi) is 18.2. The van der Waals surface area contributed by atoms with E-state index in [2.05, 4.69) is 24.5 Å². The van der Waals surface area contributed by atoms with E-state index in [0.29, 0.717) is 7.18 Å². The van der Waals surface area contributed by atoms with E-state index in [1.165, 1.54) is 0 Å². The van der Waals surface area contributed by atoms with Crippen molar-refractivity contribution >= 4 is 11.0 Å². The van der Waals surface area contributed by atoms with Crippen molar-refractivity contribution in [2.45, 2.75) is 83.3 Å². The minimum absolute atomic E-state index is 0.381. The van der Waals surface area contributed by atoms with E-state index in [4.69, 9.17) is 9.47 Å². The molecule has 1 aliphatic rings. The first-order valence-corrected chi connectivity index (χ1v) is 10.8. The number of rotatable bonds is 6.